The van der Waals surface area contributed by atoms with Crippen LogP contribution in [0.2, 0.25) is 5.02 Å². The van der Waals surface area contributed by atoms with E-state index in [0.717, 1.165) is 46.1 Å². The van der Waals surface area contributed by atoms with Crippen LogP contribution in [-0.4, -0.2) is 23.4 Å². The van der Waals surface area contributed by atoms with Crippen molar-refractivity contribution in [2.75, 3.05) is 6.61 Å². The molecule has 0 saturated carbocycles. The van der Waals surface area contributed by atoms with Gasteiger partial charge in [0.15, 0.2) is 0 Å². The summed E-state index contributed by atoms with van der Waals surface area (Å²) in [6.07, 6.45) is 0.565. The van der Waals surface area contributed by atoms with Gasteiger partial charge >= 0.3 is 0 Å². The van der Waals surface area contributed by atoms with Crippen molar-refractivity contribution in [3.05, 3.63) is 88.4 Å². The summed E-state index contributed by atoms with van der Waals surface area (Å²) in [5.74, 6) is 2.55. The minimum Gasteiger partial charge on any atom is -0.494 e. The van der Waals surface area contributed by atoms with E-state index in [2.05, 4.69) is 17.1 Å². The van der Waals surface area contributed by atoms with Crippen molar-refractivity contribution >= 4 is 17.3 Å². The maximum atomic E-state index is 6.44. The predicted octanol–water partition coefficient (Wildman–Crippen LogP) is 6.77. The first-order valence-electron chi connectivity index (χ1n) is 11.3. The Morgan fingerprint density at radius 2 is 1.76 bits per heavy atom. The molecule has 3 aromatic rings. The highest BCUT2D eigenvalue weighted by Crippen LogP contribution is 2.48. The molecular weight excluding hydrogens is 436 g/mol. The number of hydrazone groups is 1. The van der Waals surface area contributed by atoms with Gasteiger partial charge in [-0.3, -0.25) is 0 Å². The quantitative estimate of drug-likeness (QED) is 0.405. The summed E-state index contributed by atoms with van der Waals surface area (Å²) in [5.41, 5.74) is 4.18. The van der Waals surface area contributed by atoms with E-state index in [1.807, 2.05) is 75.4 Å². The second kappa shape index (κ2) is 8.99. The molecule has 2 heterocycles. The van der Waals surface area contributed by atoms with Gasteiger partial charge in [-0.15, -0.1) is 0 Å². The van der Waals surface area contributed by atoms with E-state index < -0.39 is 0 Å². The first-order chi connectivity index (χ1) is 16.0. The van der Waals surface area contributed by atoms with Crippen molar-refractivity contribution in [2.24, 2.45) is 5.10 Å². The predicted molar refractivity (Wildman–Crippen MR) is 130 cm³/mol. The van der Waals surface area contributed by atoms with Crippen molar-refractivity contribution in [1.82, 2.24) is 5.01 Å². The third kappa shape index (κ3) is 4.38. The molecule has 0 radical (unpaired) electrons. The van der Waals surface area contributed by atoms with Gasteiger partial charge in [-0.25, -0.2) is 5.01 Å². The largest absolute Gasteiger partial charge is 0.494 e. The lowest BCUT2D eigenvalue weighted by molar-refractivity contribution is -0.0190. The summed E-state index contributed by atoms with van der Waals surface area (Å²) in [4.78, 5) is 0. The van der Waals surface area contributed by atoms with Crippen molar-refractivity contribution in [3.8, 4) is 17.2 Å². The van der Waals surface area contributed by atoms with Crippen LogP contribution in [-0.2, 0) is 0 Å². The Labute approximate surface area is 199 Å². The number of hydrogen-bond donors (Lipinski definition) is 0. The number of hydrogen-bond acceptors (Lipinski definition) is 5. The van der Waals surface area contributed by atoms with Crippen molar-refractivity contribution in [1.29, 1.82) is 0 Å². The average Bonchev–Trinajstić information content (AvgIpc) is 3.25. The minimum absolute atomic E-state index is 0.0469. The molecule has 2 aliphatic heterocycles. The molecule has 2 aliphatic rings. The average molecular weight is 463 g/mol. The highest BCUT2D eigenvalue weighted by atomic mass is 35.5. The summed E-state index contributed by atoms with van der Waals surface area (Å²) in [7, 11) is 0. The van der Waals surface area contributed by atoms with Crippen LogP contribution in [0.1, 0.15) is 56.2 Å². The summed E-state index contributed by atoms with van der Waals surface area (Å²) in [6, 6.07) is 22.0. The van der Waals surface area contributed by atoms with Gasteiger partial charge in [0.05, 0.1) is 24.5 Å². The molecule has 3 aromatic carbocycles. The van der Waals surface area contributed by atoms with Gasteiger partial charge in [0, 0.05) is 22.6 Å². The first-order valence-corrected chi connectivity index (χ1v) is 11.7. The number of nitrogens with zero attached hydrogens (tertiary/aromatic N) is 2. The molecule has 0 unspecified atom stereocenters. The molecular formula is C27H27ClN2O3. The van der Waals surface area contributed by atoms with E-state index in [0.29, 0.717) is 11.6 Å². The van der Waals surface area contributed by atoms with Gasteiger partial charge < -0.3 is 14.2 Å². The van der Waals surface area contributed by atoms with Crippen LogP contribution in [0.5, 0.6) is 17.2 Å². The first kappa shape index (κ1) is 21.7. The molecule has 5 rings (SSSR count). The lowest BCUT2D eigenvalue weighted by Gasteiger charge is -2.38. The Kier molecular flexibility index (Phi) is 5.90. The van der Waals surface area contributed by atoms with Gasteiger partial charge in [-0.1, -0.05) is 11.6 Å². The van der Waals surface area contributed by atoms with Gasteiger partial charge in [-0.05, 0) is 93.1 Å². The Morgan fingerprint density at radius 3 is 2.45 bits per heavy atom. The molecule has 170 valence electrons. The third-order valence-corrected chi connectivity index (χ3v) is 6.02. The van der Waals surface area contributed by atoms with Crippen LogP contribution in [0.15, 0.2) is 71.8 Å². The topological polar surface area (TPSA) is 43.3 Å². The summed E-state index contributed by atoms with van der Waals surface area (Å²) < 4.78 is 17.8. The zero-order valence-electron chi connectivity index (χ0n) is 19.0. The zero-order valence-corrected chi connectivity index (χ0v) is 19.8. The van der Waals surface area contributed by atoms with E-state index >= 15 is 0 Å². The van der Waals surface area contributed by atoms with Crippen LogP contribution in [0.4, 0.5) is 0 Å². The number of fused-ring (bicyclic) bond motifs is 3. The number of ether oxygens (including phenoxy) is 3. The molecule has 0 amide bonds. The van der Waals surface area contributed by atoms with Crippen molar-refractivity contribution in [3.63, 3.8) is 0 Å². The second-order valence-corrected chi connectivity index (χ2v) is 8.93. The smallest absolute Gasteiger partial charge is 0.213 e. The fourth-order valence-corrected chi connectivity index (χ4v) is 4.53. The van der Waals surface area contributed by atoms with Gasteiger partial charge in [-0.2, -0.15) is 5.10 Å². The lowest BCUT2D eigenvalue weighted by Crippen LogP contribution is -2.33. The number of halogens is 1. The fourth-order valence-electron chi connectivity index (χ4n) is 4.35. The zero-order chi connectivity index (χ0) is 22.9. The summed E-state index contributed by atoms with van der Waals surface area (Å²) >= 11 is 6.34. The maximum Gasteiger partial charge on any atom is 0.213 e. The Hall–Kier alpha value is -3.18. The van der Waals surface area contributed by atoms with Gasteiger partial charge in [0.2, 0.25) is 6.23 Å². The Balaban J connectivity index is 1.49. The van der Waals surface area contributed by atoms with Crippen molar-refractivity contribution in [2.45, 2.75) is 45.6 Å². The normalized spacial score (nSPS) is 18.9. The Morgan fingerprint density at radius 1 is 1.03 bits per heavy atom. The highest BCUT2D eigenvalue weighted by molar-refractivity contribution is 6.30. The van der Waals surface area contributed by atoms with Gasteiger partial charge in [0.25, 0.3) is 0 Å². The van der Waals surface area contributed by atoms with Crippen LogP contribution in [0, 0.1) is 0 Å². The molecule has 5 nitrogen and oxygen atoms in total. The van der Waals surface area contributed by atoms with Crippen LogP contribution >= 0.6 is 11.6 Å². The van der Waals surface area contributed by atoms with E-state index in [1.165, 1.54) is 0 Å². The van der Waals surface area contributed by atoms with Gasteiger partial charge in [0.1, 0.15) is 17.2 Å². The lowest BCUT2D eigenvalue weighted by atomic mass is 9.96. The van der Waals surface area contributed by atoms with E-state index in [4.69, 9.17) is 30.9 Å². The molecule has 33 heavy (non-hydrogen) atoms. The summed E-state index contributed by atoms with van der Waals surface area (Å²) in [5, 5.41) is 7.78. The summed E-state index contributed by atoms with van der Waals surface area (Å²) in [6.45, 7) is 6.67. The molecule has 6 heteroatoms. The van der Waals surface area contributed by atoms with E-state index in [-0.39, 0.29) is 18.4 Å². The molecule has 0 bridgehead atoms. The molecule has 0 saturated heterocycles. The second-order valence-electron chi connectivity index (χ2n) is 8.49. The third-order valence-electron chi connectivity index (χ3n) is 5.79. The van der Waals surface area contributed by atoms with Crippen LogP contribution < -0.4 is 14.2 Å². The minimum atomic E-state index is -0.336. The standard InChI is InChI=1S/C27H27ClN2O3/c1-4-31-21-10-5-18(6-11-21)24-16-25-23-15-20(28)9-14-26(23)33-27(30(25)29-24)19-7-12-22(13-8-19)32-17(2)3/h5-15,17,25,27H,4,16H2,1-3H3/t25-,27+/m0/s1. The molecule has 2 atom stereocenters. The van der Waals surface area contributed by atoms with E-state index in [1.54, 1.807) is 0 Å². The van der Waals surface area contributed by atoms with Crippen LogP contribution in [0.3, 0.4) is 0 Å². The highest BCUT2D eigenvalue weighted by Gasteiger charge is 2.41. The number of benzene rings is 3. The maximum absolute atomic E-state index is 6.44. The van der Waals surface area contributed by atoms with E-state index in [9.17, 15) is 0 Å². The molecule has 0 aromatic heterocycles. The molecule has 0 aliphatic carbocycles. The SMILES string of the molecule is CCOc1ccc(C2=NN3[C@@H](c4ccc(OC(C)C)cc4)Oc4ccc(Cl)cc4[C@@H]3C2)cc1. The fraction of sp³-hybridized carbons (Fsp3) is 0.296. The van der Waals surface area contributed by atoms with Crippen molar-refractivity contribution < 1.29 is 14.2 Å². The van der Waals surface area contributed by atoms with Crippen LogP contribution in [0.25, 0.3) is 0 Å². The molecule has 0 fully saturated rings. The molecule has 0 spiro atoms. The monoisotopic (exact) mass is 462 g/mol. The number of rotatable bonds is 6. The Bertz CT molecular complexity index is 1160. The molecule has 0 N–H and O–H groups in total.